The average molecular weight is 428 g/mol. The largest absolute Gasteiger partial charge is 0.269 e. The summed E-state index contributed by atoms with van der Waals surface area (Å²) >= 11 is 3.45. The number of amides is 1. The van der Waals surface area contributed by atoms with Crippen molar-refractivity contribution < 1.29 is 4.79 Å². The first-order valence-electron chi connectivity index (χ1n) is 9.14. The summed E-state index contributed by atoms with van der Waals surface area (Å²) in [5.41, 5.74) is 4.66. The summed E-state index contributed by atoms with van der Waals surface area (Å²) in [4.78, 5) is 21.1. The number of hydrogen-bond donors (Lipinski definition) is 1. The van der Waals surface area contributed by atoms with Gasteiger partial charge in [-0.1, -0.05) is 37.0 Å². The number of rotatable bonds is 5. The van der Waals surface area contributed by atoms with E-state index in [0.29, 0.717) is 28.3 Å². The number of carbonyl (C=O) groups excluding carboxylic acids is 1. The minimum Gasteiger partial charge on any atom is -0.267 e. The molecule has 0 radical (unpaired) electrons. The first-order valence-corrected chi connectivity index (χ1v) is 9.94. The molecule has 27 heavy (non-hydrogen) atoms. The van der Waals surface area contributed by atoms with E-state index in [0.717, 1.165) is 18.4 Å². The second-order valence-electron chi connectivity index (χ2n) is 6.90. The number of aromatic nitrogens is 2. The summed E-state index contributed by atoms with van der Waals surface area (Å²) < 4.78 is 0.640. The molecule has 0 spiro atoms. The van der Waals surface area contributed by atoms with Gasteiger partial charge in [-0.25, -0.2) is 4.98 Å². The van der Waals surface area contributed by atoms with Crippen LogP contribution in [0.1, 0.15) is 53.8 Å². The quantitative estimate of drug-likeness (QED) is 0.724. The number of nitrogens with zero attached hydrogens (tertiary/aromatic N) is 4. The van der Waals surface area contributed by atoms with E-state index in [-0.39, 0.29) is 11.7 Å². The SMILES string of the molecule is Cc1ccc(C(=O)NN(CC2CCCCC2)c2nc(C#N)ncc2Br)cc1. The van der Waals surface area contributed by atoms with Crippen molar-refractivity contribution in [1.29, 1.82) is 5.26 Å². The molecule has 1 heterocycles. The fraction of sp³-hybridized carbons (Fsp3) is 0.400. The molecule has 3 rings (SSSR count). The molecule has 0 unspecified atom stereocenters. The molecule has 1 saturated carbocycles. The Morgan fingerprint density at radius 1 is 1.30 bits per heavy atom. The fourth-order valence-electron chi connectivity index (χ4n) is 3.31. The van der Waals surface area contributed by atoms with Crippen LogP contribution in [0.15, 0.2) is 34.9 Å². The lowest BCUT2D eigenvalue weighted by molar-refractivity contribution is 0.0945. The third-order valence-electron chi connectivity index (χ3n) is 4.80. The number of hydrogen-bond acceptors (Lipinski definition) is 5. The zero-order valence-corrected chi connectivity index (χ0v) is 16.9. The number of hydrazine groups is 1. The molecule has 0 aliphatic heterocycles. The Balaban J connectivity index is 1.86. The van der Waals surface area contributed by atoms with Gasteiger partial charge in [0.15, 0.2) is 5.82 Å². The molecular formula is C20H22BrN5O. The monoisotopic (exact) mass is 427 g/mol. The molecule has 1 amide bonds. The Morgan fingerprint density at radius 3 is 2.67 bits per heavy atom. The van der Waals surface area contributed by atoms with E-state index in [1.165, 1.54) is 19.3 Å². The fourth-order valence-corrected chi connectivity index (χ4v) is 3.71. The summed E-state index contributed by atoms with van der Waals surface area (Å²) in [5, 5.41) is 10.9. The molecule has 1 fully saturated rings. The molecule has 2 aromatic rings. The van der Waals surface area contributed by atoms with Crippen LogP contribution >= 0.6 is 15.9 Å². The van der Waals surface area contributed by atoms with E-state index in [4.69, 9.17) is 5.26 Å². The average Bonchev–Trinajstić information content (AvgIpc) is 2.69. The maximum absolute atomic E-state index is 12.8. The molecular weight excluding hydrogens is 406 g/mol. The topological polar surface area (TPSA) is 81.9 Å². The van der Waals surface area contributed by atoms with Crippen molar-refractivity contribution in [3.63, 3.8) is 0 Å². The minimum absolute atomic E-state index is 0.0754. The van der Waals surface area contributed by atoms with Gasteiger partial charge in [-0.2, -0.15) is 10.2 Å². The van der Waals surface area contributed by atoms with Crippen LogP contribution in [0.25, 0.3) is 0 Å². The highest BCUT2D eigenvalue weighted by Gasteiger charge is 2.22. The Labute approximate surface area is 167 Å². The van der Waals surface area contributed by atoms with Gasteiger partial charge in [-0.05, 0) is 53.7 Å². The maximum Gasteiger partial charge on any atom is 0.269 e. The van der Waals surface area contributed by atoms with Crippen molar-refractivity contribution in [2.75, 3.05) is 11.6 Å². The van der Waals surface area contributed by atoms with Crippen LogP contribution in [0, 0.1) is 24.2 Å². The van der Waals surface area contributed by atoms with Crippen LogP contribution in [0.5, 0.6) is 0 Å². The Bertz CT molecular complexity index is 840. The molecule has 0 bridgehead atoms. The molecule has 1 aliphatic carbocycles. The zero-order chi connectivity index (χ0) is 19.2. The van der Waals surface area contributed by atoms with Gasteiger partial charge < -0.3 is 0 Å². The molecule has 1 aromatic carbocycles. The molecule has 1 aromatic heterocycles. The molecule has 0 saturated heterocycles. The lowest BCUT2D eigenvalue weighted by Crippen LogP contribution is -2.46. The van der Waals surface area contributed by atoms with Crippen LogP contribution < -0.4 is 10.4 Å². The van der Waals surface area contributed by atoms with Crippen LogP contribution in [-0.4, -0.2) is 22.4 Å². The van der Waals surface area contributed by atoms with Gasteiger partial charge in [-0.15, -0.1) is 0 Å². The van der Waals surface area contributed by atoms with Crippen molar-refractivity contribution in [1.82, 2.24) is 15.4 Å². The minimum atomic E-state index is -0.199. The Hall–Kier alpha value is -2.46. The van der Waals surface area contributed by atoms with Crippen molar-refractivity contribution in [2.45, 2.75) is 39.0 Å². The lowest BCUT2D eigenvalue weighted by atomic mass is 9.89. The molecule has 1 aliphatic rings. The van der Waals surface area contributed by atoms with Crippen molar-refractivity contribution in [2.24, 2.45) is 5.92 Å². The normalized spacial score (nSPS) is 14.4. The summed E-state index contributed by atoms with van der Waals surface area (Å²) in [7, 11) is 0. The van der Waals surface area contributed by atoms with E-state index < -0.39 is 0 Å². The highest BCUT2D eigenvalue weighted by atomic mass is 79.9. The number of halogens is 1. The molecule has 6 nitrogen and oxygen atoms in total. The van der Waals surface area contributed by atoms with E-state index in [9.17, 15) is 4.79 Å². The first-order chi connectivity index (χ1) is 13.1. The number of carbonyl (C=O) groups is 1. The second-order valence-corrected chi connectivity index (χ2v) is 7.75. The number of anilines is 1. The summed E-state index contributed by atoms with van der Waals surface area (Å²) in [6, 6.07) is 9.39. The highest BCUT2D eigenvalue weighted by Crippen LogP contribution is 2.28. The molecule has 7 heteroatoms. The van der Waals surface area contributed by atoms with Crippen LogP contribution in [0.2, 0.25) is 0 Å². The zero-order valence-electron chi connectivity index (χ0n) is 15.3. The van der Waals surface area contributed by atoms with E-state index >= 15 is 0 Å². The maximum atomic E-state index is 12.8. The molecule has 0 atom stereocenters. The smallest absolute Gasteiger partial charge is 0.267 e. The van der Waals surface area contributed by atoms with Gasteiger partial charge in [0.05, 0.1) is 4.47 Å². The van der Waals surface area contributed by atoms with Crippen LogP contribution in [0.3, 0.4) is 0 Å². The standard InChI is InChI=1S/C20H22BrN5O/c1-14-7-9-16(10-8-14)20(27)25-26(13-15-5-3-2-4-6-15)19-17(21)12-23-18(11-22)24-19/h7-10,12,15H,2-6,13H2,1H3,(H,25,27). The number of aryl methyl sites for hydroxylation is 1. The van der Waals surface area contributed by atoms with Crippen molar-refractivity contribution >= 4 is 27.7 Å². The van der Waals surface area contributed by atoms with E-state index in [1.807, 2.05) is 25.1 Å². The van der Waals surface area contributed by atoms with Gasteiger partial charge >= 0.3 is 0 Å². The molecule has 1 N–H and O–H groups in total. The number of nitrogens with one attached hydrogen (secondary N) is 1. The van der Waals surface area contributed by atoms with Gasteiger partial charge in [0.25, 0.3) is 5.91 Å². The first kappa shape index (κ1) is 19.3. The third kappa shape index (κ3) is 5.04. The van der Waals surface area contributed by atoms with Crippen LogP contribution in [0.4, 0.5) is 5.82 Å². The van der Waals surface area contributed by atoms with Crippen molar-refractivity contribution in [3.8, 4) is 6.07 Å². The van der Waals surface area contributed by atoms with Gasteiger partial charge in [-0.3, -0.25) is 15.2 Å². The predicted molar refractivity (Wildman–Crippen MR) is 107 cm³/mol. The van der Waals surface area contributed by atoms with Gasteiger partial charge in [0.2, 0.25) is 5.82 Å². The lowest BCUT2D eigenvalue weighted by Gasteiger charge is -2.31. The van der Waals surface area contributed by atoms with E-state index in [1.54, 1.807) is 23.3 Å². The number of nitriles is 1. The van der Waals surface area contributed by atoms with E-state index in [2.05, 4.69) is 31.3 Å². The third-order valence-corrected chi connectivity index (χ3v) is 5.36. The predicted octanol–water partition coefficient (Wildman–Crippen LogP) is 4.15. The Morgan fingerprint density at radius 2 is 2.00 bits per heavy atom. The molecule has 140 valence electrons. The van der Waals surface area contributed by atoms with Gasteiger partial charge in [0.1, 0.15) is 6.07 Å². The van der Waals surface area contributed by atoms with Crippen LogP contribution in [-0.2, 0) is 0 Å². The summed E-state index contributed by atoms with van der Waals surface area (Å²) in [5.74, 6) is 0.860. The highest BCUT2D eigenvalue weighted by molar-refractivity contribution is 9.10. The number of benzene rings is 1. The summed E-state index contributed by atoms with van der Waals surface area (Å²) in [6.45, 7) is 2.64. The van der Waals surface area contributed by atoms with Gasteiger partial charge in [0, 0.05) is 18.3 Å². The van der Waals surface area contributed by atoms with Crippen molar-refractivity contribution in [3.05, 3.63) is 51.9 Å². The second kappa shape index (κ2) is 8.96. The summed E-state index contributed by atoms with van der Waals surface area (Å²) in [6.07, 6.45) is 7.49. The Kier molecular flexibility index (Phi) is 6.40.